The van der Waals surface area contributed by atoms with Gasteiger partial charge >= 0.3 is 0 Å². The molecule has 0 spiro atoms. The van der Waals surface area contributed by atoms with Gasteiger partial charge in [-0.3, -0.25) is 0 Å². The van der Waals surface area contributed by atoms with Gasteiger partial charge in [0.1, 0.15) is 0 Å². The molecule has 1 atom stereocenters. The molecule has 2 heteroatoms. The fourth-order valence-corrected chi connectivity index (χ4v) is 6.27. The molecule has 0 radical (unpaired) electrons. The second kappa shape index (κ2) is 5.38. The monoisotopic (exact) mass is 348 g/mol. The molecular weight excluding hydrogens is 324 g/mol. The molecule has 1 N–H and O–H groups in total. The quantitative estimate of drug-likeness (QED) is 0.815. The van der Waals surface area contributed by atoms with Crippen LogP contribution < -0.4 is 0 Å². The molecular formula is C19H25BrO. The van der Waals surface area contributed by atoms with Crippen LogP contribution in [-0.2, 0) is 6.42 Å². The smallest absolute Gasteiger partial charge is 0.0585 e. The summed E-state index contributed by atoms with van der Waals surface area (Å²) in [6.45, 7) is 0. The zero-order valence-corrected chi connectivity index (χ0v) is 14.2. The van der Waals surface area contributed by atoms with E-state index in [1.807, 2.05) is 0 Å². The van der Waals surface area contributed by atoms with Crippen molar-refractivity contribution in [1.82, 2.24) is 0 Å². The van der Waals surface area contributed by atoms with Crippen molar-refractivity contribution in [2.75, 3.05) is 0 Å². The van der Waals surface area contributed by atoms with E-state index in [4.69, 9.17) is 0 Å². The van der Waals surface area contributed by atoms with Gasteiger partial charge < -0.3 is 5.11 Å². The highest BCUT2D eigenvalue weighted by Crippen LogP contribution is 2.61. The third-order valence-electron chi connectivity index (χ3n) is 6.22. The van der Waals surface area contributed by atoms with Crippen LogP contribution in [0.2, 0.25) is 0 Å². The minimum absolute atomic E-state index is 0.164. The summed E-state index contributed by atoms with van der Waals surface area (Å²) in [5.41, 5.74) is 1.75. The van der Waals surface area contributed by atoms with E-state index in [2.05, 4.69) is 40.2 Å². The van der Waals surface area contributed by atoms with Crippen LogP contribution in [0.1, 0.15) is 50.5 Å². The standard InChI is InChI=1S/C19H25BrO/c20-17-3-1-13(2-4-17)8-18(21)12-19-9-14-5-15(10-19)7-16(6-14)11-19/h1-4,14-16,18,21H,5-12H2. The molecule has 1 aromatic rings. The lowest BCUT2D eigenvalue weighted by Gasteiger charge is -2.57. The van der Waals surface area contributed by atoms with Crippen molar-refractivity contribution >= 4 is 15.9 Å². The molecule has 0 amide bonds. The molecule has 4 bridgehead atoms. The average molecular weight is 349 g/mol. The molecule has 1 unspecified atom stereocenters. The van der Waals surface area contributed by atoms with Crippen molar-refractivity contribution in [2.45, 2.75) is 57.5 Å². The van der Waals surface area contributed by atoms with Gasteiger partial charge in [-0.05, 0) is 92.2 Å². The summed E-state index contributed by atoms with van der Waals surface area (Å²) in [5, 5.41) is 10.6. The van der Waals surface area contributed by atoms with Gasteiger partial charge in [-0.25, -0.2) is 0 Å². The van der Waals surface area contributed by atoms with Crippen molar-refractivity contribution < 1.29 is 5.11 Å². The topological polar surface area (TPSA) is 20.2 Å². The summed E-state index contributed by atoms with van der Waals surface area (Å²) >= 11 is 3.47. The zero-order valence-electron chi connectivity index (χ0n) is 12.6. The Morgan fingerprint density at radius 1 is 1.00 bits per heavy atom. The van der Waals surface area contributed by atoms with Gasteiger partial charge in [-0.2, -0.15) is 0 Å². The van der Waals surface area contributed by atoms with Crippen molar-refractivity contribution in [2.24, 2.45) is 23.2 Å². The Morgan fingerprint density at radius 2 is 1.52 bits per heavy atom. The normalized spacial score (nSPS) is 38.7. The van der Waals surface area contributed by atoms with Crippen LogP contribution in [-0.4, -0.2) is 11.2 Å². The number of aliphatic hydroxyl groups excluding tert-OH is 1. The maximum absolute atomic E-state index is 10.6. The fourth-order valence-electron chi connectivity index (χ4n) is 6.00. The maximum Gasteiger partial charge on any atom is 0.0585 e. The average Bonchev–Trinajstić information content (AvgIpc) is 2.39. The number of hydrogen-bond acceptors (Lipinski definition) is 1. The van der Waals surface area contributed by atoms with Crippen LogP contribution in [0.3, 0.4) is 0 Å². The van der Waals surface area contributed by atoms with E-state index < -0.39 is 0 Å². The van der Waals surface area contributed by atoms with Gasteiger partial charge in [0.2, 0.25) is 0 Å². The summed E-state index contributed by atoms with van der Waals surface area (Å²) in [6, 6.07) is 8.42. The highest BCUT2D eigenvalue weighted by Gasteiger charge is 2.51. The first-order valence-corrected chi connectivity index (χ1v) is 9.32. The van der Waals surface area contributed by atoms with Crippen molar-refractivity contribution in [3.8, 4) is 0 Å². The number of benzene rings is 1. The minimum atomic E-state index is -0.164. The maximum atomic E-state index is 10.6. The SMILES string of the molecule is OC(Cc1ccc(Br)cc1)CC12CC3CC(CC(C3)C1)C2. The molecule has 1 aromatic carbocycles. The summed E-state index contributed by atoms with van der Waals surface area (Å²) in [4.78, 5) is 0. The van der Waals surface area contributed by atoms with Crippen molar-refractivity contribution in [3.63, 3.8) is 0 Å². The Morgan fingerprint density at radius 3 is 2.05 bits per heavy atom. The molecule has 0 saturated heterocycles. The van der Waals surface area contributed by atoms with E-state index in [0.717, 1.165) is 35.1 Å². The molecule has 5 rings (SSSR count). The largest absolute Gasteiger partial charge is 0.393 e. The summed E-state index contributed by atoms with van der Waals surface area (Å²) < 4.78 is 1.11. The molecule has 0 heterocycles. The first-order valence-electron chi connectivity index (χ1n) is 8.53. The molecule has 21 heavy (non-hydrogen) atoms. The van der Waals surface area contributed by atoms with E-state index in [9.17, 15) is 5.11 Å². The van der Waals surface area contributed by atoms with Gasteiger partial charge in [0.25, 0.3) is 0 Å². The lowest BCUT2D eigenvalue weighted by molar-refractivity contribution is -0.0756. The lowest BCUT2D eigenvalue weighted by Crippen LogP contribution is -2.47. The summed E-state index contributed by atoms with van der Waals surface area (Å²) in [7, 11) is 0. The van der Waals surface area contributed by atoms with Crippen LogP contribution >= 0.6 is 15.9 Å². The van der Waals surface area contributed by atoms with Crippen LogP contribution in [0.5, 0.6) is 0 Å². The molecule has 0 aromatic heterocycles. The fraction of sp³-hybridized carbons (Fsp3) is 0.684. The van der Waals surface area contributed by atoms with Crippen LogP contribution in [0.15, 0.2) is 28.7 Å². The van der Waals surface area contributed by atoms with E-state index in [0.29, 0.717) is 5.41 Å². The molecule has 1 nitrogen and oxygen atoms in total. The number of hydrogen-bond donors (Lipinski definition) is 1. The first kappa shape index (κ1) is 14.3. The molecule has 4 aliphatic rings. The van der Waals surface area contributed by atoms with E-state index in [1.54, 1.807) is 0 Å². The highest BCUT2D eigenvalue weighted by atomic mass is 79.9. The molecule has 4 aliphatic carbocycles. The number of halogens is 1. The predicted octanol–water partition coefficient (Wildman–Crippen LogP) is 4.96. The molecule has 0 aliphatic heterocycles. The van der Waals surface area contributed by atoms with Crippen molar-refractivity contribution in [1.29, 1.82) is 0 Å². The summed E-state index contributed by atoms with van der Waals surface area (Å²) in [5.74, 6) is 2.95. The van der Waals surface area contributed by atoms with E-state index in [1.165, 1.54) is 44.1 Å². The van der Waals surface area contributed by atoms with Gasteiger partial charge in [0, 0.05) is 4.47 Å². The Bertz CT molecular complexity index is 472. The lowest BCUT2D eigenvalue weighted by atomic mass is 9.48. The van der Waals surface area contributed by atoms with Crippen LogP contribution in [0.25, 0.3) is 0 Å². The first-order chi connectivity index (χ1) is 10.1. The van der Waals surface area contributed by atoms with Gasteiger partial charge in [-0.15, -0.1) is 0 Å². The van der Waals surface area contributed by atoms with E-state index in [-0.39, 0.29) is 6.10 Å². The van der Waals surface area contributed by atoms with Gasteiger partial charge in [0.15, 0.2) is 0 Å². The Labute approximate surface area is 136 Å². The van der Waals surface area contributed by atoms with E-state index >= 15 is 0 Å². The Kier molecular flexibility index (Phi) is 3.66. The second-order valence-corrected chi connectivity index (χ2v) is 9.02. The molecule has 4 saturated carbocycles. The Hall–Kier alpha value is -0.340. The molecule has 4 fully saturated rings. The van der Waals surface area contributed by atoms with Gasteiger partial charge in [-0.1, -0.05) is 28.1 Å². The minimum Gasteiger partial charge on any atom is -0.393 e. The third kappa shape index (κ3) is 2.94. The van der Waals surface area contributed by atoms with Crippen LogP contribution in [0.4, 0.5) is 0 Å². The highest BCUT2D eigenvalue weighted by molar-refractivity contribution is 9.10. The molecule has 114 valence electrons. The third-order valence-corrected chi connectivity index (χ3v) is 6.75. The van der Waals surface area contributed by atoms with Crippen molar-refractivity contribution in [3.05, 3.63) is 34.3 Å². The summed E-state index contributed by atoms with van der Waals surface area (Å²) in [6.07, 6.45) is 10.3. The number of aliphatic hydroxyl groups is 1. The Balaban J connectivity index is 1.42. The predicted molar refractivity (Wildman–Crippen MR) is 89.1 cm³/mol. The van der Waals surface area contributed by atoms with Crippen LogP contribution in [0, 0.1) is 23.2 Å². The number of rotatable bonds is 4. The second-order valence-electron chi connectivity index (χ2n) is 8.11. The zero-order chi connectivity index (χ0) is 14.4. The van der Waals surface area contributed by atoms with Gasteiger partial charge in [0.05, 0.1) is 6.10 Å².